The van der Waals surface area contributed by atoms with Gasteiger partial charge in [-0.15, -0.1) is 0 Å². The number of nitrogens with zero attached hydrogens (tertiary/aromatic N) is 3. The molecule has 1 aromatic carbocycles. The average Bonchev–Trinajstić information content (AvgIpc) is 2.53. The predicted octanol–water partition coefficient (Wildman–Crippen LogP) is 2.91. The van der Waals surface area contributed by atoms with Crippen LogP contribution in [0.5, 0.6) is 0 Å². The van der Waals surface area contributed by atoms with Gasteiger partial charge in [0.2, 0.25) is 0 Å². The number of rotatable bonds is 4. The van der Waals surface area contributed by atoms with Gasteiger partial charge in [-0.1, -0.05) is 19.1 Å². The highest BCUT2D eigenvalue weighted by Crippen LogP contribution is 2.23. The lowest BCUT2D eigenvalue weighted by Gasteiger charge is -2.33. The van der Waals surface area contributed by atoms with Gasteiger partial charge in [-0.25, -0.2) is 9.97 Å². The van der Waals surface area contributed by atoms with Gasteiger partial charge in [0, 0.05) is 19.1 Å². The van der Waals surface area contributed by atoms with Crippen LogP contribution in [0.25, 0.3) is 11.0 Å². The maximum Gasteiger partial charge on any atom is 0.150 e. The van der Waals surface area contributed by atoms with E-state index < -0.39 is 0 Å². The van der Waals surface area contributed by atoms with Gasteiger partial charge in [0.15, 0.2) is 5.82 Å². The molecule has 1 aromatic heterocycles. The van der Waals surface area contributed by atoms with Crippen molar-refractivity contribution < 1.29 is 0 Å². The fourth-order valence-corrected chi connectivity index (χ4v) is 3.02. The van der Waals surface area contributed by atoms with Crippen molar-refractivity contribution in [2.75, 3.05) is 24.5 Å². The molecule has 1 aliphatic rings. The summed E-state index contributed by atoms with van der Waals surface area (Å²) in [6, 6.07) is 8.77. The van der Waals surface area contributed by atoms with Crippen LogP contribution in [0.4, 0.5) is 5.82 Å². The molecule has 2 aromatic rings. The first kappa shape index (κ1) is 14.3. The summed E-state index contributed by atoms with van der Waals surface area (Å²) in [5, 5.41) is 3.62. The van der Waals surface area contributed by atoms with Crippen molar-refractivity contribution in [2.24, 2.45) is 0 Å². The minimum Gasteiger partial charge on any atom is -0.355 e. The monoisotopic (exact) mass is 284 g/mol. The second kappa shape index (κ2) is 6.39. The van der Waals surface area contributed by atoms with Crippen LogP contribution in [-0.4, -0.2) is 35.6 Å². The van der Waals surface area contributed by atoms with E-state index >= 15 is 0 Å². The summed E-state index contributed by atoms with van der Waals surface area (Å²) >= 11 is 0. The topological polar surface area (TPSA) is 41.0 Å². The van der Waals surface area contributed by atoms with E-state index in [0.29, 0.717) is 6.04 Å². The minimum absolute atomic E-state index is 0.662. The molecule has 0 unspecified atom stereocenters. The Kier molecular flexibility index (Phi) is 4.34. The van der Waals surface area contributed by atoms with E-state index in [1.807, 2.05) is 24.3 Å². The molecule has 4 heteroatoms. The number of nitrogens with one attached hydrogen (secondary N) is 1. The molecule has 1 saturated heterocycles. The highest BCUT2D eigenvalue weighted by atomic mass is 15.2. The number of piperidine rings is 1. The SMILES string of the molecule is CCCNC1CCN(c2nc3ccccc3nc2C)CC1. The van der Waals surface area contributed by atoms with E-state index in [0.717, 1.165) is 42.2 Å². The summed E-state index contributed by atoms with van der Waals surface area (Å²) in [7, 11) is 0. The third-order valence-electron chi connectivity index (χ3n) is 4.20. The Labute approximate surface area is 126 Å². The van der Waals surface area contributed by atoms with Gasteiger partial charge in [-0.2, -0.15) is 0 Å². The van der Waals surface area contributed by atoms with Crippen molar-refractivity contribution in [1.29, 1.82) is 0 Å². The Morgan fingerprint density at radius 3 is 2.48 bits per heavy atom. The van der Waals surface area contributed by atoms with E-state index in [-0.39, 0.29) is 0 Å². The number of hydrogen-bond donors (Lipinski definition) is 1. The lowest BCUT2D eigenvalue weighted by molar-refractivity contribution is 0.414. The van der Waals surface area contributed by atoms with Gasteiger partial charge in [-0.05, 0) is 44.9 Å². The van der Waals surface area contributed by atoms with Crippen molar-refractivity contribution in [3.8, 4) is 0 Å². The summed E-state index contributed by atoms with van der Waals surface area (Å²) in [6.45, 7) is 7.54. The molecule has 1 N–H and O–H groups in total. The Bertz CT molecular complexity index is 603. The maximum atomic E-state index is 4.83. The van der Waals surface area contributed by atoms with Crippen LogP contribution in [0, 0.1) is 6.92 Å². The molecule has 0 bridgehead atoms. The number of hydrogen-bond acceptors (Lipinski definition) is 4. The molecular weight excluding hydrogens is 260 g/mol. The van der Waals surface area contributed by atoms with Crippen LogP contribution in [0.3, 0.4) is 0 Å². The molecule has 0 radical (unpaired) electrons. The molecule has 3 rings (SSSR count). The highest BCUT2D eigenvalue weighted by molar-refractivity contribution is 5.76. The first-order valence-corrected chi connectivity index (χ1v) is 7.99. The zero-order valence-electron chi connectivity index (χ0n) is 13.0. The number of anilines is 1. The lowest BCUT2D eigenvalue weighted by atomic mass is 10.0. The van der Waals surface area contributed by atoms with E-state index in [2.05, 4.69) is 24.1 Å². The second-order valence-electron chi connectivity index (χ2n) is 5.84. The van der Waals surface area contributed by atoms with Gasteiger partial charge in [0.05, 0.1) is 16.7 Å². The van der Waals surface area contributed by atoms with Crippen molar-refractivity contribution in [2.45, 2.75) is 39.2 Å². The molecule has 2 heterocycles. The Hall–Kier alpha value is -1.68. The van der Waals surface area contributed by atoms with Gasteiger partial charge in [0.1, 0.15) is 0 Å². The molecule has 0 atom stereocenters. The summed E-state index contributed by atoms with van der Waals surface area (Å²) in [5.41, 5.74) is 3.01. The van der Waals surface area contributed by atoms with Crippen molar-refractivity contribution >= 4 is 16.9 Å². The average molecular weight is 284 g/mol. The van der Waals surface area contributed by atoms with Gasteiger partial charge in [0.25, 0.3) is 0 Å². The highest BCUT2D eigenvalue weighted by Gasteiger charge is 2.21. The van der Waals surface area contributed by atoms with Gasteiger partial charge < -0.3 is 10.2 Å². The van der Waals surface area contributed by atoms with Crippen molar-refractivity contribution in [1.82, 2.24) is 15.3 Å². The third-order valence-corrected chi connectivity index (χ3v) is 4.20. The quantitative estimate of drug-likeness (QED) is 0.937. The maximum absolute atomic E-state index is 4.83. The van der Waals surface area contributed by atoms with E-state index in [1.54, 1.807) is 0 Å². The van der Waals surface area contributed by atoms with Gasteiger partial charge >= 0.3 is 0 Å². The Morgan fingerprint density at radius 2 is 1.81 bits per heavy atom. The zero-order valence-corrected chi connectivity index (χ0v) is 13.0. The molecular formula is C17H24N4. The molecule has 0 aliphatic carbocycles. The van der Waals surface area contributed by atoms with Crippen molar-refractivity contribution in [3.63, 3.8) is 0 Å². The summed E-state index contributed by atoms with van der Waals surface area (Å²) < 4.78 is 0. The summed E-state index contributed by atoms with van der Waals surface area (Å²) in [4.78, 5) is 11.9. The molecule has 4 nitrogen and oxygen atoms in total. The predicted molar refractivity (Wildman–Crippen MR) is 87.8 cm³/mol. The fourth-order valence-electron chi connectivity index (χ4n) is 3.02. The lowest BCUT2D eigenvalue weighted by Crippen LogP contribution is -2.43. The molecule has 0 spiro atoms. The number of aromatic nitrogens is 2. The number of aryl methyl sites for hydroxylation is 1. The minimum atomic E-state index is 0.662. The first-order chi connectivity index (χ1) is 10.3. The van der Waals surface area contributed by atoms with Crippen LogP contribution in [-0.2, 0) is 0 Å². The van der Waals surface area contributed by atoms with Crippen LogP contribution in [0.2, 0.25) is 0 Å². The standard InChI is InChI=1S/C17H24N4/c1-3-10-18-14-8-11-21(12-9-14)17-13(2)19-15-6-4-5-7-16(15)20-17/h4-7,14,18H,3,8-12H2,1-2H3. The number of benzene rings is 1. The number of fused-ring (bicyclic) bond motifs is 1. The van der Waals surface area contributed by atoms with E-state index in [4.69, 9.17) is 9.97 Å². The molecule has 21 heavy (non-hydrogen) atoms. The molecule has 1 fully saturated rings. The molecule has 112 valence electrons. The Balaban J connectivity index is 1.74. The number of para-hydroxylation sites is 2. The normalized spacial score (nSPS) is 16.6. The molecule has 0 amide bonds. The zero-order chi connectivity index (χ0) is 14.7. The van der Waals surface area contributed by atoms with E-state index in [9.17, 15) is 0 Å². The second-order valence-corrected chi connectivity index (χ2v) is 5.84. The third kappa shape index (κ3) is 3.16. The van der Waals surface area contributed by atoms with Crippen molar-refractivity contribution in [3.05, 3.63) is 30.0 Å². The largest absolute Gasteiger partial charge is 0.355 e. The van der Waals surface area contributed by atoms with Crippen LogP contribution in [0.1, 0.15) is 31.9 Å². The Morgan fingerprint density at radius 1 is 1.14 bits per heavy atom. The van der Waals surface area contributed by atoms with Crippen LogP contribution >= 0.6 is 0 Å². The first-order valence-electron chi connectivity index (χ1n) is 7.99. The molecule has 0 saturated carbocycles. The summed E-state index contributed by atoms with van der Waals surface area (Å²) in [5.74, 6) is 1.06. The molecule has 1 aliphatic heterocycles. The summed E-state index contributed by atoms with van der Waals surface area (Å²) in [6.07, 6.45) is 3.58. The van der Waals surface area contributed by atoms with Gasteiger partial charge in [-0.3, -0.25) is 0 Å². The fraction of sp³-hybridized carbons (Fsp3) is 0.529. The van der Waals surface area contributed by atoms with E-state index in [1.165, 1.54) is 19.3 Å². The van der Waals surface area contributed by atoms with Crippen LogP contribution in [0.15, 0.2) is 24.3 Å². The smallest absolute Gasteiger partial charge is 0.150 e. The van der Waals surface area contributed by atoms with Crippen LogP contribution < -0.4 is 10.2 Å².